The lowest BCUT2D eigenvalue weighted by Gasteiger charge is -2.37. The van der Waals surface area contributed by atoms with Gasteiger partial charge in [-0.15, -0.1) is 11.3 Å². The molecule has 0 spiro atoms. The van der Waals surface area contributed by atoms with E-state index >= 15 is 0 Å². The van der Waals surface area contributed by atoms with Crippen molar-refractivity contribution in [1.82, 2.24) is 19.7 Å². The van der Waals surface area contributed by atoms with Gasteiger partial charge in [0.05, 0.1) is 29.2 Å². The van der Waals surface area contributed by atoms with Gasteiger partial charge in [0, 0.05) is 39.3 Å². The summed E-state index contributed by atoms with van der Waals surface area (Å²) in [5.41, 5.74) is 3.16. The quantitative estimate of drug-likeness (QED) is 0.610. The van der Waals surface area contributed by atoms with Crippen molar-refractivity contribution in [2.24, 2.45) is 0 Å². The molecule has 0 bridgehead atoms. The first kappa shape index (κ1) is 20.8. The third kappa shape index (κ3) is 4.18. The number of rotatable bonds is 4. The summed E-state index contributed by atoms with van der Waals surface area (Å²) in [5, 5.41) is 1.12. The minimum absolute atomic E-state index is 0.0470. The zero-order chi connectivity index (χ0) is 22.1. The third-order valence-corrected chi connectivity index (χ3v) is 7.28. The van der Waals surface area contributed by atoms with E-state index in [1.54, 1.807) is 29.4 Å². The number of carbonyl (C=O) groups is 2. The van der Waals surface area contributed by atoms with E-state index in [1.807, 2.05) is 47.4 Å². The summed E-state index contributed by atoms with van der Waals surface area (Å²) in [4.78, 5) is 36.1. The zero-order valence-corrected chi connectivity index (χ0v) is 18.9. The molecule has 0 aliphatic carbocycles. The van der Waals surface area contributed by atoms with Crippen molar-refractivity contribution in [3.8, 4) is 0 Å². The number of piperazine rings is 1. The van der Waals surface area contributed by atoms with Crippen molar-refractivity contribution in [3.05, 3.63) is 70.9 Å². The fourth-order valence-electron chi connectivity index (χ4n) is 4.54. The summed E-state index contributed by atoms with van der Waals surface area (Å²) in [7, 11) is 0. The highest BCUT2D eigenvalue weighted by atomic mass is 32.1. The predicted octanol–water partition coefficient (Wildman–Crippen LogP) is 3.90. The number of aromatic nitrogens is 1. The lowest BCUT2D eigenvalue weighted by atomic mass is 9.93. The lowest BCUT2D eigenvalue weighted by molar-refractivity contribution is -0.136. The van der Waals surface area contributed by atoms with Gasteiger partial charge in [0.2, 0.25) is 11.8 Å². The first-order chi connectivity index (χ1) is 15.6. The Bertz CT molecular complexity index is 1150. The molecule has 32 heavy (non-hydrogen) atoms. The zero-order valence-electron chi connectivity index (χ0n) is 18.1. The van der Waals surface area contributed by atoms with Crippen LogP contribution in [-0.4, -0.2) is 57.7 Å². The number of benzene rings is 2. The summed E-state index contributed by atoms with van der Waals surface area (Å²) in [6.45, 7) is 5.44. The molecular formula is C25H26N4O2S. The van der Waals surface area contributed by atoms with E-state index in [4.69, 9.17) is 4.98 Å². The van der Waals surface area contributed by atoms with E-state index in [0.29, 0.717) is 19.5 Å². The molecule has 0 N–H and O–H groups in total. The van der Waals surface area contributed by atoms with Crippen LogP contribution in [0.25, 0.3) is 16.3 Å². The summed E-state index contributed by atoms with van der Waals surface area (Å²) in [5.74, 6) is 0.0557. The second kappa shape index (κ2) is 8.84. The van der Waals surface area contributed by atoms with Crippen molar-refractivity contribution in [2.45, 2.75) is 25.9 Å². The molecular weight excluding hydrogens is 420 g/mol. The van der Waals surface area contributed by atoms with Gasteiger partial charge in [0.1, 0.15) is 5.01 Å². The van der Waals surface area contributed by atoms with Crippen molar-refractivity contribution in [1.29, 1.82) is 0 Å². The van der Waals surface area contributed by atoms with Crippen LogP contribution in [0.15, 0.2) is 54.7 Å². The van der Waals surface area contributed by atoms with Gasteiger partial charge in [-0.3, -0.25) is 14.5 Å². The van der Waals surface area contributed by atoms with E-state index in [2.05, 4.69) is 17.0 Å². The van der Waals surface area contributed by atoms with Crippen LogP contribution in [0.2, 0.25) is 0 Å². The highest BCUT2D eigenvalue weighted by molar-refractivity contribution is 7.18. The number of hydrogen-bond donors (Lipinski definition) is 0. The van der Waals surface area contributed by atoms with Gasteiger partial charge >= 0.3 is 0 Å². The maximum atomic E-state index is 13.2. The molecule has 5 rings (SSSR count). The molecule has 1 atom stereocenters. The van der Waals surface area contributed by atoms with Gasteiger partial charge in [-0.2, -0.15) is 0 Å². The second-order valence-electron chi connectivity index (χ2n) is 8.32. The number of hydrogen-bond acceptors (Lipinski definition) is 5. The standard InChI is InChI=1S/C25H26N4O2S/c1-18(30)29-11-10-19-6-2-3-7-20(19)22(29)16-25(31)28-14-12-27(13-15-28)17-24-26-21-8-4-5-9-23(21)32-24/h2-11,22H,12-17H2,1H3/t22-/m1/s1. The molecule has 1 saturated heterocycles. The average Bonchev–Trinajstić information content (AvgIpc) is 3.22. The number of nitrogens with zero attached hydrogens (tertiary/aromatic N) is 4. The van der Waals surface area contributed by atoms with Crippen molar-refractivity contribution in [3.63, 3.8) is 0 Å². The van der Waals surface area contributed by atoms with Crippen LogP contribution < -0.4 is 0 Å². The highest BCUT2D eigenvalue weighted by Gasteiger charge is 2.31. The van der Waals surface area contributed by atoms with E-state index in [-0.39, 0.29) is 17.9 Å². The average molecular weight is 447 g/mol. The summed E-state index contributed by atoms with van der Waals surface area (Å²) in [6, 6.07) is 16.0. The molecule has 1 aromatic heterocycles. The minimum atomic E-state index is -0.248. The molecule has 2 amide bonds. The second-order valence-corrected chi connectivity index (χ2v) is 9.44. The molecule has 0 radical (unpaired) electrons. The van der Waals surface area contributed by atoms with E-state index in [0.717, 1.165) is 41.3 Å². The first-order valence-corrected chi connectivity index (χ1v) is 11.8. The van der Waals surface area contributed by atoms with Crippen LogP contribution >= 0.6 is 11.3 Å². The summed E-state index contributed by atoms with van der Waals surface area (Å²) < 4.78 is 1.22. The number of thiazole rings is 1. The molecule has 2 aliphatic heterocycles. The Hall–Kier alpha value is -3.03. The Kier molecular flexibility index (Phi) is 5.76. The van der Waals surface area contributed by atoms with Gasteiger partial charge < -0.3 is 9.80 Å². The number of para-hydroxylation sites is 1. The SMILES string of the molecule is CC(=O)N1C=Cc2ccccc2[C@H]1CC(=O)N1CCN(Cc2nc3ccccc3s2)CC1. The van der Waals surface area contributed by atoms with Crippen LogP contribution in [-0.2, 0) is 16.1 Å². The fraction of sp³-hybridized carbons (Fsp3) is 0.320. The van der Waals surface area contributed by atoms with Gasteiger partial charge in [0.15, 0.2) is 0 Å². The Morgan fingerprint density at radius 3 is 2.56 bits per heavy atom. The molecule has 2 aliphatic rings. The highest BCUT2D eigenvalue weighted by Crippen LogP contribution is 2.33. The largest absolute Gasteiger partial charge is 0.340 e. The molecule has 3 heterocycles. The van der Waals surface area contributed by atoms with E-state index in [9.17, 15) is 9.59 Å². The minimum Gasteiger partial charge on any atom is -0.340 e. The topological polar surface area (TPSA) is 56.8 Å². The lowest BCUT2D eigenvalue weighted by Crippen LogP contribution is -2.49. The number of fused-ring (bicyclic) bond motifs is 2. The van der Waals surface area contributed by atoms with Crippen molar-refractivity contribution in [2.75, 3.05) is 26.2 Å². The van der Waals surface area contributed by atoms with Gasteiger partial charge in [-0.05, 0) is 29.3 Å². The van der Waals surface area contributed by atoms with Crippen LogP contribution in [0.5, 0.6) is 0 Å². The number of amides is 2. The Morgan fingerprint density at radius 1 is 1.03 bits per heavy atom. The molecule has 2 aromatic carbocycles. The van der Waals surface area contributed by atoms with Crippen molar-refractivity contribution < 1.29 is 9.59 Å². The summed E-state index contributed by atoms with van der Waals surface area (Å²) >= 11 is 1.74. The van der Waals surface area contributed by atoms with E-state index in [1.165, 1.54) is 4.70 Å². The predicted molar refractivity (Wildman–Crippen MR) is 127 cm³/mol. The van der Waals surface area contributed by atoms with Crippen LogP contribution in [0.1, 0.15) is 35.5 Å². The normalized spacial score (nSPS) is 18.7. The number of carbonyl (C=O) groups excluding carboxylic acids is 2. The molecule has 0 saturated carbocycles. The fourth-order valence-corrected chi connectivity index (χ4v) is 5.55. The molecule has 3 aromatic rings. The van der Waals surface area contributed by atoms with Crippen molar-refractivity contribution >= 4 is 39.4 Å². The van der Waals surface area contributed by atoms with Crippen LogP contribution in [0.4, 0.5) is 0 Å². The molecule has 0 unspecified atom stereocenters. The van der Waals surface area contributed by atoms with Gasteiger partial charge in [-0.25, -0.2) is 4.98 Å². The molecule has 6 nitrogen and oxygen atoms in total. The van der Waals surface area contributed by atoms with E-state index < -0.39 is 0 Å². The van der Waals surface area contributed by atoms with Gasteiger partial charge in [0.25, 0.3) is 0 Å². The Labute approximate surface area is 191 Å². The maximum Gasteiger partial charge on any atom is 0.225 e. The third-order valence-electron chi connectivity index (χ3n) is 6.26. The molecule has 164 valence electrons. The summed E-state index contributed by atoms with van der Waals surface area (Å²) in [6.07, 6.45) is 4.05. The molecule has 1 fully saturated rings. The van der Waals surface area contributed by atoms with Crippen LogP contribution in [0, 0.1) is 0 Å². The van der Waals surface area contributed by atoms with Crippen LogP contribution in [0.3, 0.4) is 0 Å². The monoisotopic (exact) mass is 446 g/mol. The Balaban J connectivity index is 1.21. The molecule has 7 heteroatoms. The smallest absolute Gasteiger partial charge is 0.225 e. The Morgan fingerprint density at radius 2 is 1.78 bits per heavy atom. The van der Waals surface area contributed by atoms with Gasteiger partial charge in [-0.1, -0.05) is 36.4 Å². The first-order valence-electron chi connectivity index (χ1n) is 11.0. The maximum absolute atomic E-state index is 13.2.